The molecule has 3 aromatic carbocycles. The number of anilines is 2. The lowest BCUT2D eigenvalue weighted by molar-refractivity contribution is 0.0948. The van der Waals surface area contributed by atoms with Crippen molar-refractivity contribution in [3.63, 3.8) is 0 Å². The van der Waals surface area contributed by atoms with Gasteiger partial charge in [0.15, 0.2) is 5.13 Å². The first-order valence-electron chi connectivity index (χ1n) is 12.8. The zero-order valence-corrected chi connectivity index (χ0v) is 25.2. The molecular weight excluding hydrogens is 589 g/mol. The van der Waals surface area contributed by atoms with Crippen LogP contribution in [0.25, 0.3) is 10.2 Å². The second kappa shape index (κ2) is 13.2. The predicted octanol–water partition coefficient (Wildman–Crippen LogP) is 5.29. The van der Waals surface area contributed by atoms with Crippen LogP contribution in [-0.2, 0) is 16.4 Å². The van der Waals surface area contributed by atoms with Gasteiger partial charge in [0.05, 0.1) is 15.1 Å². The molecule has 5 rings (SSSR count). The predicted molar refractivity (Wildman–Crippen MR) is 166 cm³/mol. The van der Waals surface area contributed by atoms with Gasteiger partial charge >= 0.3 is 0 Å². The van der Waals surface area contributed by atoms with Crippen LogP contribution in [0.5, 0.6) is 0 Å². The third kappa shape index (κ3) is 7.24. The number of nitrogens with zero attached hydrogens (tertiary/aromatic N) is 3. The van der Waals surface area contributed by atoms with Crippen molar-refractivity contribution in [2.24, 2.45) is 0 Å². The first kappa shape index (κ1) is 30.1. The maximum absolute atomic E-state index is 12.6. The van der Waals surface area contributed by atoms with Gasteiger partial charge in [0.1, 0.15) is 0 Å². The fraction of sp³-hybridized carbons (Fsp3) is 0.286. The standard InChI is InChI=1S/C28H30ClN5O3S2.ClH/c1-2-20-3-12-25-26(19-20)38-28(31-25)34-17-15-33(16-18-34)14-13-30-27(35)21-4-8-23(9-5-21)32-39(36,37)24-10-6-22(29)7-11-24;/h3-12,19,32H,2,13-18H2,1H3,(H,30,35);1H. The van der Waals surface area contributed by atoms with Gasteiger partial charge in [-0.3, -0.25) is 14.4 Å². The van der Waals surface area contributed by atoms with Gasteiger partial charge < -0.3 is 10.2 Å². The van der Waals surface area contributed by atoms with Gasteiger partial charge in [-0.1, -0.05) is 35.9 Å². The second-order valence-corrected chi connectivity index (χ2v) is 12.5. The lowest BCUT2D eigenvalue weighted by Crippen LogP contribution is -2.48. The number of carbonyl (C=O) groups excluding carboxylic acids is 1. The van der Waals surface area contributed by atoms with E-state index in [2.05, 4.69) is 45.0 Å². The highest BCUT2D eigenvalue weighted by Gasteiger charge is 2.20. The van der Waals surface area contributed by atoms with Crippen LogP contribution >= 0.6 is 35.3 Å². The zero-order chi connectivity index (χ0) is 27.4. The summed E-state index contributed by atoms with van der Waals surface area (Å²) in [5.74, 6) is -0.193. The summed E-state index contributed by atoms with van der Waals surface area (Å²) in [6.45, 7) is 7.09. The van der Waals surface area contributed by atoms with E-state index in [-0.39, 0.29) is 23.2 Å². The molecule has 4 aromatic rings. The SMILES string of the molecule is CCc1ccc2nc(N3CCN(CCNC(=O)c4ccc(NS(=O)(=O)c5ccc(Cl)cc5)cc4)CC3)sc2c1.Cl. The zero-order valence-electron chi connectivity index (χ0n) is 22.0. The van der Waals surface area contributed by atoms with Crippen molar-refractivity contribution in [1.82, 2.24) is 15.2 Å². The van der Waals surface area contributed by atoms with Crippen molar-refractivity contribution >= 4 is 72.3 Å². The Labute approximate surface area is 249 Å². The first-order valence-corrected chi connectivity index (χ1v) is 15.5. The molecule has 2 N–H and O–H groups in total. The van der Waals surface area contributed by atoms with Gasteiger partial charge in [-0.2, -0.15) is 0 Å². The summed E-state index contributed by atoms with van der Waals surface area (Å²) in [6, 6.07) is 18.8. The fourth-order valence-corrected chi connectivity index (χ4v) is 6.69. The Morgan fingerprint density at radius 1 is 1.00 bits per heavy atom. The van der Waals surface area contributed by atoms with E-state index in [0.29, 0.717) is 22.8 Å². The molecule has 0 atom stereocenters. The van der Waals surface area contributed by atoms with Crippen LogP contribution < -0.4 is 14.9 Å². The van der Waals surface area contributed by atoms with Crippen molar-refractivity contribution in [2.45, 2.75) is 18.2 Å². The smallest absolute Gasteiger partial charge is 0.261 e. The molecule has 212 valence electrons. The first-order chi connectivity index (χ1) is 18.8. The number of rotatable bonds is 9. The third-order valence-corrected chi connectivity index (χ3v) is 9.46. The number of nitrogens with one attached hydrogen (secondary N) is 2. The van der Waals surface area contributed by atoms with E-state index >= 15 is 0 Å². The highest BCUT2D eigenvalue weighted by atomic mass is 35.5. The maximum atomic E-state index is 12.6. The average Bonchev–Trinajstić information content (AvgIpc) is 3.37. The van der Waals surface area contributed by atoms with Crippen LogP contribution in [0.3, 0.4) is 0 Å². The molecule has 0 radical (unpaired) electrons. The van der Waals surface area contributed by atoms with Gasteiger partial charge in [0.25, 0.3) is 15.9 Å². The molecule has 0 bridgehead atoms. The summed E-state index contributed by atoms with van der Waals surface area (Å²) in [5, 5.41) is 4.49. The summed E-state index contributed by atoms with van der Waals surface area (Å²) in [4.78, 5) is 22.2. The number of benzene rings is 3. The number of aryl methyl sites for hydroxylation is 1. The lowest BCUT2D eigenvalue weighted by atomic mass is 10.2. The van der Waals surface area contributed by atoms with Crippen molar-refractivity contribution in [3.8, 4) is 0 Å². The molecule has 1 saturated heterocycles. The molecule has 2 heterocycles. The number of halogens is 2. The normalized spacial score (nSPS) is 14.1. The highest BCUT2D eigenvalue weighted by molar-refractivity contribution is 7.92. The largest absolute Gasteiger partial charge is 0.351 e. The number of hydrogen-bond donors (Lipinski definition) is 2. The number of thiazole rings is 1. The highest BCUT2D eigenvalue weighted by Crippen LogP contribution is 2.30. The van der Waals surface area contributed by atoms with Crippen LogP contribution in [0.1, 0.15) is 22.8 Å². The van der Waals surface area contributed by atoms with Crippen LogP contribution in [0.15, 0.2) is 71.6 Å². The number of amides is 1. The van der Waals surface area contributed by atoms with Crippen LogP contribution in [-0.4, -0.2) is 63.5 Å². The average molecular weight is 621 g/mol. The molecule has 8 nitrogen and oxygen atoms in total. The molecule has 12 heteroatoms. The molecule has 0 unspecified atom stereocenters. The Hall–Kier alpha value is -2.89. The summed E-state index contributed by atoms with van der Waals surface area (Å²) in [7, 11) is -3.74. The number of carbonyl (C=O) groups is 1. The van der Waals surface area contributed by atoms with Crippen molar-refractivity contribution in [3.05, 3.63) is 82.9 Å². The second-order valence-electron chi connectivity index (χ2n) is 9.37. The quantitative estimate of drug-likeness (QED) is 0.264. The number of sulfonamides is 1. The van der Waals surface area contributed by atoms with E-state index in [4.69, 9.17) is 16.6 Å². The molecule has 1 amide bonds. The van der Waals surface area contributed by atoms with Gasteiger partial charge in [0.2, 0.25) is 0 Å². The molecular formula is C28H31Cl2N5O3S2. The third-order valence-electron chi connectivity index (χ3n) is 6.73. The lowest BCUT2D eigenvalue weighted by Gasteiger charge is -2.34. The van der Waals surface area contributed by atoms with Crippen LogP contribution in [0.4, 0.5) is 10.8 Å². The van der Waals surface area contributed by atoms with Gasteiger partial charge in [-0.15, -0.1) is 12.4 Å². The van der Waals surface area contributed by atoms with Gasteiger partial charge in [-0.05, 0) is 72.6 Å². The van der Waals surface area contributed by atoms with E-state index in [9.17, 15) is 13.2 Å². The molecule has 1 aromatic heterocycles. The Morgan fingerprint density at radius 3 is 2.38 bits per heavy atom. The number of fused-ring (bicyclic) bond motifs is 1. The summed E-state index contributed by atoms with van der Waals surface area (Å²) in [6.07, 6.45) is 1.02. The summed E-state index contributed by atoms with van der Waals surface area (Å²) in [5.41, 5.74) is 3.23. The minimum absolute atomic E-state index is 0. The Morgan fingerprint density at radius 2 is 1.70 bits per heavy atom. The van der Waals surface area contributed by atoms with Crippen LogP contribution in [0.2, 0.25) is 5.02 Å². The maximum Gasteiger partial charge on any atom is 0.261 e. The van der Waals surface area contributed by atoms with Crippen molar-refractivity contribution < 1.29 is 13.2 Å². The molecule has 0 saturated carbocycles. The van der Waals surface area contributed by atoms with Crippen LogP contribution in [0, 0.1) is 0 Å². The summed E-state index contributed by atoms with van der Waals surface area (Å²) < 4.78 is 28.8. The minimum Gasteiger partial charge on any atom is -0.351 e. The Kier molecular flexibility index (Phi) is 9.91. The number of piperazine rings is 1. The van der Waals surface area contributed by atoms with Crippen molar-refractivity contribution in [2.75, 3.05) is 48.9 Å². The molecule has 1 aliphatic rings. The summed E-state index contributed by atoms with van der Waals surface area (Å²) >= 11 is 7.59. The molecule has 40 heavy (non-hydrogen) atoms. The van der Waals surface area contributed by atoms with Gasteiger partial charge in [0, 0.05) is 55.5 Å². The molecule has 1 fully saturated rings. The fourth-order valence-electron chi connectivity index (χ4n) is 4.42. The van der Waals surface area contributed by atoms with Crippen molar-refractivity contribution in [1.29, 1.82) is 0 Å². The Bertz CT molecular complexity index is 1550. The molecule has 0 spiro atoms. The number of hydrogen-bond acceptors (Lipinski definition) is 7. The molecule has 0 aliphatic carbocycles. The topological polar surface area (TPSA) is 94.6 Å². The Balaban J connectivity index is 0.00000370. The monoisotopic (exact) mass is 619 g/mol. The molecule has 1 aliphatic heterocycles. The van der Waals surface area contributed by atoms with Gasteiger partial charge in [-0.25, -0.2) is 13.4 Å². The number of aromatic nitrogens is 1. The van der Waals surface area contributed by atoms with E-state index in [0.717, 1.165) is 49.8 Å². The van der Waals surface area contributed by atoms with E-state index in [1.165, 1.54) is 34.5 Å². The van der Waals surface area contributed by atoms with E-state index < -0.39 is 10.0 Å². The van der Waals surface area contributed by atoms with E-state index in [1.54, 1.807) is 35.6 Å². The minimum atomic E-state index is -3.74. The van der Waals surface area contributed by atoms with E-state index in [1.807, 2.05) is 0 Å².